The quantitative estimate of drug-likeness (QED) is 0.707. The van der Waals surface area contributed by atoms with E-state index in [1.54, 1.807) is 18.2 Å². The first-order valence-corrected chi connectivity index (χ1v) is 9.90. The summed E-state index contributed by atoms with van der Waals surface area (Å²) in [4.78, 5) is 24.5. The Labute approximate surface area is 176 Å². The average molecular weight is 431 g/mol. The molecule has 1 aliphatic heterocycles. The van der Waals surface area contributed by atoms with Gasteiger partial charge in [-0.3, -0.25) is 9.59 Å². The van der Waals surface area contributed by atoms with E-state index in [0.29, 0.717) is 35.2 Å². The number of Topliss-reactive ketones (excluding diaryl/α,β-unsaturated/α-hetero) is 1. The average Bonchev–Trinajstić information content (AvgIpc) is 2.90. The number of hydrogen-bond donors (Lipinski definition) is 2. The summed E-state index contributed by atoms with van der Waals surface area (Å²) in [5.74, 6) is -0.598. The minimum absolute atomic E-state index is 0.102. The SMILES string of the molecule is O=C(/C=C1\CCCOc2cc(C(F)(F)F)ccc21)Nc1cccc2c1CC(O)C(=O)C2. The smallest absolute Gasteiger partial charge is 0.416 e. The van der Waals surface area contributed by atoms with Crippen LogP contribution in [-0.4, -0.2) is 29.5 Å². The highest BCUT2D eigenvalue weighted by Gasteiger charge is 2.32. The van der Waals surface area contributed by atoms with Gasteiger partial charge in [-0.05, 0) is 47.7 Å². The second-order valence-electron chi connectivity index (χ2n) is 7.63. The van der Waals surface area contributed by atoms with Gasteiger partial charge in [0.2, 0.25) is 5.91 Å². The van der Waals surface area contributed by atoms with Gasteiger partial charge >= 0.3 is 6.18 Å². The van der Waals surface area contributed by atoms with Crippen molar-refractivity contribution in [2.24, 2.45) is 0 Å². The number of carbonyl (C=O) groups is 2. The molecule has 0 spiro atoms. The zero-order chi connectivity index (χ0) is 22.2. The van der Waals surface area contributed by atoms with Gasteiger partial charge in [-0.1, -0.05) is 18.2 Å². The number of halogens is 3. The summed E-state index contributed by atoms with van der Waals surface area (Å²) in [6.45, 7) is 0.255. The Kier molecular flexibility index (Phi) is 5.58. The second kappa shape index (κ2) is 8.19. The number of aliphatic hydroxyl groups is 1. The van der Waals surface area contributed by atoms with Gasteiger partial charge in [0.15, 0.2) is 5.78 Å². The lowest BCUT2D eigenvalue weighted by molar-refractivity contribution is -0.137. The van der Waals surface area contributed by atoms with Crippen molar-refractivity contribution in [2.75, 3.05) is 11.9 Å². The van der Waals surface area contributed by atoms with Crippen LogP contribution in [0, 0.1) is 0 Å². The monoisotopic (exact) mass is 431 g/mol. The van der Waals surface area contributed by atoms with Gasteiger partial charge in [0.05, 0.1) is 12.2 Å². The lowest BCUT2D eigenvalue weighted by Crippen LogP contribution is -2.30. The first-order valence-electron chi connectivity index (χ1n) is 9.90. The predicted molar refractivity (Wildman–Crippen MR) is 108 cm³/mol. The number of aliphatic hydroxyl groups excluding tert-OH is 1. The Morgan fingerprint density at radius 2 is 2.03 bits per heavy atom. The highest BCUT2D eigenvalue weighted by atomic mass is 19.4. The van der Waals surface area contributed by atoms with Gasteiger partial charge in [-0.2, -0.15) is 13.2 Å². The maximum Gasteiger partial charge on any atom is 0.416 e. The summed E-state index contributed by atoms with van der Waals surface area (Å²) in [6, 6.07) is 8.46. The van der Waals surface area contributed by atoms with E-state index in [9.17, 15) is 27.9 Å². The van der Waals surface area contributed by atoms with E-state index in [0.717, 1.165) is 17.7 Å². The molecule has 0 radical (unpaired) electrons. The van der Waals surface area contributed by atoms with Crippen molar-refractivity contribution in [2.45, 2.75) is 38.0 Å². The normalized spacial score (nSPS) is 19.8. The lowest BCUT2D eigenvalue weighted by atomic mass is 9.87. The lowest BCUT2D eigenvalue weighted by Gasteiger charge is -2.22. The number of rotatable bonds is 2. The molecule has 2 N–H and O–H groups in total. The van der Waals surface area contributed by atoms with E-state index in [1.807, 2.05) is 0 Å². The van der Waals surface area contributed by atoms with Gasteiger partial charge in [0, 0.05) is 30.2 Å². The number of anilines is 1. The molecule has 0 saturated heterocycles. The fourth-order valence-electron chi connectivity index (χ4n) is 3.91. The van der Waals surface area contributed by atoms with Crippen molar-refractivity contribution >= 4 is 23.0 Å². The van der Waals surface area contributed by atoms with Crippen LogP contribution < -0.4 is 10.1 Å². The van der Waals surface area contributed by atoms with Crippen LogP contribution in [0.5, 0.6) is 5.75 Å². The Bertz CT molecular complexity index is 1070. The van der Waals surface area contributed by atoms with Gasteiger partial charge < -0.3 is 15.2 Å². The highest BCUT2D eigenvalue weighted by Crippen LogP contribution is 2.38. The van der Waals surface area contributed by atoms with E-state index in [-0.39, 0.29) is 31.0 Å². The van der Waals surface area contributed by atoms with Crippen molar-refractivity contribution in [1.29, 1.82) is 0 Å². The van der Waals surface area contributed by atoms with Crippen LogP contribution in [0.2, 0.25) is 0 Å². The number of benzene rings is 2. The molecule has 2 aliphatic rings. The number of fused-ring (bicyclic) bond motifs is 2. The Balaban J connectivity index is 1.61. The van der Waals surface area contributed by atoms with Crippen LogP contribution in [0.3, 0.4) is 0 Å². The third-order valence-corrected chi connectivity index (χ3v) is 5.47. The summed E-state index contributed by atoms with van der Waals surface area (Å²) in [6.07, 6.45) is -2.95. The maximum atomic E-state index is 13.0. The fourth-order valence-corrected chi connectivity index (χ4v) is 3.91. The zero-order valence-electron chi connectivity index (χ0n) is 16.5. The number of amides is 1. The molecule has 0 saturated carbocycles. The second-order valence-corrected chi connectivity index (χ2v) is 7.63. The van der Waals surface area contributed by atoms with Crippen molar-refractivity contribution in [3.8, 4) is 5.75 Å². The van der Waals surface area contributed by atoms with Crippen molar-refractivity contribution in [1.82, 2.24) is 0 Å². The van der Waals surface area contributed by atoms with Crippen LogP contribution in [0.25, 0.3) is 5.57 Å². The van der Waals surface area contributed by atoms with Gasteiger partial charge in [-0.25, -0.2) is 0 Å². The van der Waals surface area contributed by atoms with Gasteiger partial charge in [0.1, 0.15) is 11.9 Å². The Hall–Kier alpha value is -3.13. The number of ketones is 1. The maximum absolute atomic E-state index is 13.0. The molecule has 5 nitrogen and oxygen atoms in total. The van der Waals surface area contributed by atoms with Gasteiger partial charge in [0.25, 0.3) is 0 Å². The minimum Gasteiger partial charge on any atom is -0.493 e. The first kappa shape index (κ1) is 21.1. The summed E-state index contributed by atoms with van der Waals surface area (Å²) in [7, 11) is 0. The topological polar surface area (TPSA) is 75.6 Å². The van der Waals surface area contributed by atoms with Crippen molar-refractivity contribution in [3.05, 3.63) is 64.7 Å². The predicted octanol–water partition coefficient (Wildman–Crippen LogP) is 3.93. The minimum atomic E-state index is -4.48. The summed E-state index contributed by atoms with van der Waals surface area (Å²) < 4.78 is 44.6. The van der Waals surface area contributed by atoms with Crippen LogP contribution >= 0.6 is 0 Å². The molecule has 1 unspecified atom stereocenters. The number of hydrogen-bond acceptors (Lipinski definition) is 4. The van der Waals surface area contributed by atoms with E-state index < -0.39 is 23.8 Å². The number of allylic oxidation sites excluding steroid dienone is 1. The molecular formula is C23H20F3NO4. The molecule has 31 heavy (non-hydrogen) atoms. The molecule has 2 aromatic rings. The number of alkyl halides is 3. The van der Waals surface area contributed by atoms with Crippen LogP contribution in [0.1, 0.15) is 35.1 Å². The summed E-state index contributed by atoms with van der Waals surface area (Å²) >= 11 is 0. The van der Waals surface area contributed by atoms with Crippen LogP contribution in [-0.2, 0) is 28.6 Å². The van der Waals surface area contributed by atoms with E-state index >= 15 is 0 Å². The van der Waals surface area contributed by atoms with Crippen molar-refractivity contribution < 1.29 is 32.6 Å². The van der Waals surface area contributed by atoms with E-state index in [2.05, 4.69) is 5.32 Å². The van der Waals surface area contributed by atoms with Gasteiger partial charge in [-0.15, -0.1) is 0 Å². The summed E-state index contributed by atoms with van der Waals surface area (Å²) in [5, 5.41) is 12.7. The number of ether oxygens (including phenoxy) is 1. The molecule has 8 heteroatoms. The van der Waals surface area contributed by atoms with Crippen LogP contribution in [0.4, 0.5) is 18.9 Å². The number of nitrogens with one attached hydrogen (secondary N) is 1. The molecule has 2 aromatic carbocycles. The van der Waals surface area contributed by atoms with Crippen molar-refractivity contribution in [3.63, 3.8) is 0 Å². The highest BCUT2D eigenvalue weighted by molar-refractivity contribution is 6.05. The third-order valence-electron chi connectivity index (χ3n) is 5.47. The number of carbonyl (C=O) groups excluding carboxylic acids is 2. The Morgan fingerprint density at radius 3 is 2.81 bits per heavy atom. The molecule has 1 atom stereocenters. The van der Waals surface area contributed by atoms with E-state index in [1.165, 1.54) is 12.1 Å². The molecule has 4 rings (SSSR count). The molecule has 0 bridgehead atoms. The molecule has 0 aromatic heterocycles. The van der Waals surface area contributed by atoms with E-state index in [4.69, 9.17) is 4.74 Å². The molecule has 0 fully saturated rings. The third kappa shape index (κ3) is 4.49. The standard InChI is InChI=1S/C23H20F3NO4/c24-23(25,26)15-6-7-16-14(4-2-8-31-21(16)11-15)10-22(30)27-18-5-1-3-13-9-19(28)20(29)12-17(13)18/h1,3,5-7,10-11,20,29H,2,4,8-9,12H2,(H,27,30)/b14-10+. The molecule has 1 amide bonds. The molecule has 1 aliphatic carbocycles. The largest absolute Gasteiger partial charge is 0.493 e. The first-order chi connectivity index (χ1) is 14.7. The zero-order valence-corrected chi connectivity index (χ0v) is 16.5. The molecule has 1 heterocycles. The molecular weight excluding hydrogens is 411 g/mol. The van der Waals surface area contributed by atoms with Crippen LogP contribution in [0.15, 0.2) is 42.5 Å². The Morgan fingerprint density at radius 1 is 1.23 bits per heavy atom. The summed E-state index contributed by atoms with van der Waals surface area (Å²) in [5.41, 5.74) is 2.20. The molecule has 162 valence electrons. The fraction of sp³-hybridized carbons (Fsp3) is 0.304.